The molecule has 2 aromatic carbocycles. The smallest absolute Gasteiger partial charge is 0.243 e. The van der Waals surface area contributed by atoms with Gasteiger partial charge >= 0.3 is 0 Å². The second-order valence-electron chi connectivity index (χ2n) is 4.55. The van der Waals surface area contributed by atoms with Crippen molar-refractivity contribution < 1.29 is 9.18 Å². The predicted molar refractivity (Wildman–Crippen MR) is 79.4 cm³/mol. The van der Waals surface area contributed by atoms with Crippen molar-refractivity contribution in [1.82, 2.24) is 0 Å². The van der Waals surface area contributed by atoms with E-state index in [4.69, 9.17) is 5.26 Å². The van der Waals surface area contributed by atoms with Crippen molar-refractivity contribution in [3.8, 4) is 6.07 Å². The number of nitrogens with zero attached hydrogens (tertiary/aromatic N) is 1. The van der Waals surface area contributed by atoms with Crippen molar-refractivity contribution in [3.05, 3.63) is 59.4 Å². The van der Waals surface area contributed by atoms with Crippen molar-refractivity contribution in [3.63, 3.8) is 0 Å². The molecule has 0 bridgehead atoms. The molecule has 4 nitrogen and oxygen atoms in total. The van der Waals surface area contributed by atoms with Crippen molar-refractivity contribution in [2.24, 2.45) is 0 Å². The Morgan fingerprint density at radius 2 is 1.95 bits per heavy atom. The van der Waals surface area contributed by atoms with E-state index >= 15 is 0 Å². The standard InChI is InChI=1S/C16H14FN3O/c1-11-2-5-13(17)8-15(11)20-16(21)10-19-14-6-3-12(9-18)4-7-14/h2-8,19H,10H2,1H3,(H,20,21). The highest BCUT2D eigenvalue weighted by Crippen LogP contribution is 2.16. The SMILES string of the molecule is Cc1ccc(F)cc1NC(=O)CNc1ccc(C#N)cc1. The van der Waals surface area contributed by atoms with Crippen LogP contribution in [0.4, 0.5) is 15.8 Å². The molecule has 0 heterocycles. The zero-order valence-corrected chi connectivity index (χ0v) is 11.5. The fourth-order valence-electron chi connectivity index (χ4n) is 1.77. The molecule has 106 valence electrons. The number of halogens is 1. The highest BCUT2D eigenvalue weighted by atomic mass is 19.1. The summed E-state index contributed by atoms with van der Waals surface area (Å²) in [4.78, 5) is 11.8. The van der Waals surface area contributed by atoms with Crippen LogP contribution in [0.2, 0.25) is 0 Å². The third-order valence-corrected chi connectivity index (χ3v) is 2.94. The van der Waals surface area contributed by atoms with Crippen LogP contribution in [0.5, 0.6) is 0 Å². The first-order chi connectivity index (χ1) is 10.1. The average molecular weight is 283 g/mol. The molecule has 0 spiro atoms. The van der Waals surface area contributed by atoms with E-state index < -0.39 is 5.82 Å². The Balaban J connectivity index is 1.92. The van der Waals surface area contributed by atoms with E-state index in [0.29, 0.717) is 11.3 Å². The third kappa shape index (κ3) is 4.05. The number of amides is 1. The number of nitrogens with one attached hydrogen (secondary N) is 2. The number of rotatable bonds is 4. The van der Waals surface area contributed by atoms with Crippen molar-refractivity contribution in [1.29, 1.82) is 5.26 Å². The highest BCUT2D eigenvalue weighted by molar-refractivity contribution is 5.94. The molecule has 2 rings (SSSR count). The van der Waals surface area contributed by atoms with Crippen LogP contribution in [0.25, 0.3) is 0 Å². The number of hydrogen-bond donors (Lipinski definition) is 2. The lowest BCUT2D eigenvalue weighted by atomic mass is 10.2. The molecule has 0 atom stereocenters. The monoisotopic (exact) mass is 283 g/mol. The number of hydrogen-bond acceptors (Lipinski definition) is 3. The van der Waals surface area contributed by atoms with Crippen molar-refractivity contribution in [2.45, 2.75) is 6.92 Å². The van der Waals surface area contributed by atoms with E-state index in [2.05, 4.69) is 10.6 Å². The number of anilines is 2. The highest BCUT2D eigenvalue weighted by Gasteiger charge is 2.06. The lowest BCUT2D eigenvalue weighted by Gasteiger charge is -2.10. The fourth-order valence-corrected chi connectivity index (χ4v) is 1.77. The van der Waals surface area contributed by atoms with Gasteiger partial charge in [0.25, 0.3) is 0 Å². The molecule has 2 aromatic rings. The van der Waals surface area contributed by atoms with Gasteiger partial charge in [-0.3, -0.25) is 4.79 Å². The minimum Gasteiger partial charge on any atom is -0.376 e. The summed E-state index contributed by atoms with van der Waals surface area (Å²) in [5, 5.41) is 14.3. The lowest BCUT2D eigenvalue weighted by molar-refractivity contribution is -0.114. The Bertz CT molecular complexity index is 690. The van der Waals surface area contributed by atoms with Crippen LogP contribution in [0.3, 0.4) is 0 Å². The lowest BCUT2D eigenvalue weighted by Crippen LogP contribution is -2.22. The molecule has 0 unspecified atom stereocenters. The molecular weight excluding hydrogens is 269 g/mol. The van der Waals surface area contributed by atoms with Crippen molar-refractivity contribution in [2.75, 3.05) is 17.2 Å². The van der Waals surface area contributed by atoms with Gasteiger partial charge in [-0.05, 0) is 48.9 Å². The van der Waals surface area contributed by atoms with Gasteiger partial charge in [0.1, 0.15) is 5.82 Å². The average Bonchev–Trinajstić information content (AvgIpc) is 2.49. The summed E-state index contributed by atoms with van der Waals surface area (Å²) >= 11 is 0. The summed E-state index contributed by atoms with van der Waals surface area (Å²) in [5.41, 5.74) is 2.55. The van der Waals surface area contributed by atoms with Crippen LogP contribution in [0, 0.1) is 24.1 Å². The van der Waals surface area contributed by atoms with Gasteiger partial charge in [0.2, 0.25) is 5.91 Å². The van der Waals surface area contributed by atoms with Crippen LogP contribution in [0.15, 0.2) is 42.5 Å². The second-order valence-corrected chi connectivity index (χ2v) is 4.55. The van der Waals surface area contributed by atoms with Gasteiger partial charge in [-0.25, -0.2) is 4.39 Å². The molecule has 0 aliphatic carbocycles. The summed E-state index contributed by atoms with van der Waals surface area (Å²) in [7, 11) is 0. The van der Waals surface area contributed by atoms with Crippen LogP contribution in [0.1, 0.15) is 11.1 Å². The van der Waals surface area contributed by atoms with E-state index in [1.807, 2.05) is 6.07 Å². The molecule has 2 N–H and O–H groups in total. The minimum absolute atomic E-state index is 0.0574. The summed E-state index contributed by atoms with van der Waals surface area (Å²) in [6.07, 6.45) is 0. The van der Waals surface area contributed by atoms with Crippen LogP contribution >= 0.6 is 0 Å². The molecule has 21 heavy (non-hydrogen) atoms. The van der Waals surface area contributed by atoms with Gasteiger partial charge in [-0.1, -0.05) is 6.07 Å². The maximum absolute atomic E-state index is 13.1. The fraction of sp³-hybridized carbons (Fsp3) is 0.125. The molecule has 1 amide bonds. The Labute approximate surface area is 122 Å². The molecular formula is C16H14FN3O. The summed E-state index contributed by atoms with van der Waals surface area (Å²) in [6, 6.07) is 13.0. The van der Waals surface area contributed by atoms with Gasteiger partial charge in [0.05, 0.1) is 18.2 Å². The summed E-state index contributed by atoms with van der Waals surface area (Å²) in [5.74, 6) is -0.663. The summed E-state index contributed by atoms with van der Waals surface area (Å²) < 4.78 is 13.1. The van der Waals surface area contributed by atoms with E-state index in [1.54, 1.807) is 37.3 Å². The van der Waals surface area contributed by atoms with Gasteiger partial charge in [0.15, 0.2) is 0 Å². The van der Waals surface area contributed by atoms with Gasteiger partial charge in [-0.15, -0.1) is 0 Å². The van der Waals surface area contributed by atoms with E-state index in [9.17, 15) is 9.18 Å². The second kappa shape index (κ2) is 6.53. The quantitative estimate of drug-likeness (QED) is 0.906. The number of nitriles is 1. The normalized spacial score (nSPS) is 9.76. The molecule has 0 aliphatic rings. The molecule has 0 saturated heterocycles. The Morgan fingerprint density at radius 3 is 2.62 bits per heavy atom. The maximum atomic E-state index is 13.1. The number of aryl methyl sites for hydroxylation is 1. The number of carbonyl (C=O) groups is 1. The van der Waals surface area contributed by atoms with Gasteiger partial charge < -0.3 is 10.6 Å². The van der Waals surface area contributed by atoms with Gasteiger partial charge in [0, 0.05) is 11.4 Å². The Hall–Kier alpha value is -2.87. The zero-order valence-electron chi connectivity index (χ0n) is 11.5. The van der Waals surface area contributed by atoms with Crippen LogP contribution in [-0.4, -0.2) is 12.5 Å². The first-order valence-electron chi connectivity index (χ1n) is 6.38. The molecule has 0 aliphatic heterocycles. The molecule has 5 heteroatoms. The predicted octanol–water partition coefficient (Wildman–Crippen LogP) is 3.06. The van der Waals surface area contributed by atoms with Crippen molar-refractivity contribution >= 4 is 17.3 Å². The maximum Gasteiger partial charge on any atom is 0.243 e. The largest absolute Gasteiger partial charge is 0.376 e. The minimum atomic E-state index is -0.393. The van der Waals surface area contributed by atoms with E-state index in [-0.39, 0.29) is 12.5 Å². The van der Waals surface area contributed by atoms with Crippen LogP contribution in [-0.2, 0) is 4.79 Å². The Kier molecular flexibility index (Phi) is 4.52. The Morgan fingerprint density at radius 1 is 1.24 bits per heavy atom. The van der Waals surface area contributed by atoms with Gasteiger partial charge in [-0.2, -0.15) is 5.26 Å². The first kappa shape index (κ1) is 14.5. The van der Waals surface area contributed by atoms with Crippen LogP contribution < -0.4 is 10.6 Å². The topological polar surface area (TPSA) is 64.9 Å². The van der Waals surface area contributed by atoms with E-state index in [0.717, 1.165) is 11.3 Å². The molecule has 0 saturated carbocycles. The molecule has 0 aromatic heterocycles. The first-order valence-corrected chi connectivity index (χ1v) is 6.38. The molecule has 0 fully saturated rings. The number of carbonyl (C=O) groups excluding carboxylic acids is 1. The number of benzene rings is 2. The zero-order chi connectivity index (χ0) is 15.2. The third-order valence-electron chi connectivity index (χ3n) is 2.94. The van der Waals surface area contributed by atoms with E-state index in [1.165, 1.54) is 12.1 Å². The molecule has 0 radical (unpaired) electrons. The summed E-state index contributed by atoms with van der Waals surface area (Å²) in [6.45, 7) is 1.85.